The van der Waals surface area contributed by atoms with E-state index in [1.165, 1.54) is 19.3 Å². The van der Waals surface area contributed by atoms with Crippen LogP contribution in [0.15, 0.2) is 18.3 Å². The van der Waals surface area contributed by atoms with Crippen molar-refractivity contribution in [1.82, 2.24) is 19.9 Å². The number of piperidine rings is 1. The normalized spacial score (nSPS) is 23.4. The van der Waals surface area contributed by atoms with E-state index in [0.717, 1.165) is 62.0 Å². The highest BCUT2D eigenvalue weighted by Gasteiger charge is 2.22. The highest BCUT2D eigenvalue weighted by molar-refractivity contribution is 5.71. The molecule has 2 fully saturated rings. The molecule has 0 spiro atoms. The first-order valence-corrected chi connectivity index (χ1v) is 8.52. The van der Waals surface area contributed by atoms with Gasteiger partial charge in [0.25, 0.3) is 0 Å². The topological polar surface area (TPSA) is 52.0 Å². The number of rotatable bonds is 4. The third-order valence-electron chi connectivity index (χ3n) is 4.92. The van der Waals surface area contributed by atoms with Crippen molar-refractivity contribution in [1.29, 1.82) is 0 Å². The molecule has 2 aromatic heterocycles. The number of fused-ring (bicyclic) bond motifs is 1. The molecule has 2 saturated heterocycles. The minimum Gasteiger partial charge on any atom is -0.378 e. The van der Waals surface area contributed by atoms with E-state index in [0.29, 0.717) is 6.10 Å². The zero-order chi connectivity index (χ0) is 14.8. The van der Waals surface area contributed by atoms with Crippen LogP contribution in [0.4, 0.5) is 0 Å². The molecular weight excluding hydrogens is 276 g/mol. The Morgan fingerprint density at radius 3 is 3.00 bits per heavy atom. The van der Waals surface area contributed by atoms with Crippen LogP contribution < -0.4 is 5.32 Å². The molecule has 4 rings (SSSR count). The Hall–Kier alpha value is -1.46. The van der Waals surface area contributed by atoms with Gasteiger partial charge in [0.05, 0.1) is 6.10 Å². The lowest BCUT2D eigenvalue weighted by Gasteiger charge is -2.24. The molecule has 118 valence electrons. The van der Waals surface area contributed by atoms with Crippen molar-refractivity contribution in [3.8, 4) is 0 Å². The highest BCUT2D eigenvalue weighted by atomic mass is 16.5. The van der Waals surface area contributed by atoms with Crippen LogP contribution in [0.1, 0.15) is 31.5 Å². The number of pyridine rings is 1. The van der Waals surface area contributed by atoms with Gasteiger partial charge < -0.3 is 14.6 Å². The largest absolute Gasteiger partial charge is 0.378 e. The molecule has 2 aliphatic heterocycles. The number of imidazole rings is 1. The number of hydrogen-bond acceptors (Lipinski definition) is 4. The lowest BCUT2D eigenvalue weighted by Crippen LogP contribution is -2.30. The van der Waals surface area contributed by atoms with Gasteiger partial charge >= 0.3 is 0 Å². The Labute approximate surface area is 131 Å². The Balaban J connectivity index is 1.63. The summed E-state index contributed by atoms with van der Waals surface area (Å²) >= 11 is 0. The van der Waals surface area contributed by atoms with Gasteiger partial charge in [-0.3, -0.25) is 0 Å². The summed E-state index contributed by atoms with van der Waals surface area (Å²) < 4.78 is 8.17. The molecule has 1 atom stereocenters. The van der Waals surface area contributed by atoms with Crippen LogP contribution in [-0.2, 0) is 17.7 Å². The van der Waals surface area contributed by atoms with Gasteiger partial charge in [-0.25, -0.2) is 9.97 Å². The van der Waals surface area contributed by atoms with Gasteiger partial charge in [0.1, 0.15) is 11.3 Å². The van der Waals surface area contributed by atoms with Gasteiger partial charge in [0.2, 0.25) is 0 Å². The molecule has 5 heteroatoms. The van der Waals surface area contributed by atoms with Crippen molar-refractivity contribution in [2.24, 2.45) is 5.92 Å². The molecule has 0 aromatic carbocycles. The van der Waals surface area contributed by atoms with Gasteiger partial charge in [-0.05, 0) is 56.8 Å². The van der Waals surface area contributed by atoms with Gasteiger partial charge in [0, 0.05) is 25.8 Å². The monoisotopic (exact) mass is 300 g/mol. The number of ether oxygens (including phenoxy) is 1. The molecule has 5 nitrogen and oxygen atoms in total. The first-order valence-electron chi connectivity index (χ1n) is 8.52. The summed E-state index contributed by atoms with van der Waals surface area (Å²) in [6, 6.07) is 4.04. The van der Waals surface area contributed by atoms with E-state index in [2.05, 4.69) is 20.9 Å². The zero-order valence-electron chi connectivity index (χ0n) is 13.0. The summed E-state index contributed by atoms with van der Waals surface area (Å²) in [5, 5.41) is 3.44. The fraction of sp³-hybridized carbons (Fsp3) is 0.647. The molecule has 4 heterocycles. The maximum absolute atomic E-state index is 5.81. The molecule has 0 radical (unpaired) electrons. The van der Waals surface area contributed by atoms with E-state index >= 15 is 0 Å². The molecule has 0 amide bonds. The predicted molar refractivity (Wildman–Crippen MR) is 85.8 cm³/mol. The van der Waals surface area contributed by atoms with E-state index in [4.69, 9.17) is 9.72 Å². The second-order valence-corrected chi connectivity index (χ2v) is 6.52. The standard InChI is InChI=1S/C17H24N4O/c1-4-15-17(19-7-1)21(12-13-5-8-18-9-6-13)16(20-15)11-14-3-2-10-22-14/h1,4,7,13-14,18H,2-3,5-6,8-12H2. The second kappa shape index (κ2) is 6.34. The molecule has 0 bridgehead atoms. The highest BCUT2D eigenvalue weighted by Crippen LogP contribution is 2.23. The number of hydrogen-bond donors (Lipinski definition) is 1. The van der Waals surface area contributed by atoms with Crippen LogP contribution in [0, 0.1) is 5.92 Å². The summed E-state index contributed by atoms with van der Waals surface area (Å²) in [4.78, 5) is 9.43. The Morgan fingerprint density at radius 2 is 2.18 bits per heavy atom. The van der Waals surface area contributed by atoms with Gasteiger partial charge in [-0.2, -0.15) is 0 Å². The van der Waals surface area contributed by atoms with Crippen molar-refractivity contribution < 1.29 is 4.74 Å². The Bertz CT molecular complexity index is 627. The number of aromatic nitrogens is 3. The molecule has 1 unspecified atom stereocenters. The quantitative estimate of drug-likeness (QED) is 0.940. The number of nitrogens with one attached hydrogen (secondary N) is 1. The van der Waals surface area contributed by atoms with E-state index in [1.54, 1.807) is 0 Å². The molecule has 1 N–H and O–H groups in total. The summed E-state index contributed by atoms with van der Waals surface area (Å²) in [7, 11) is 0. The molecule has 2 aliphatic rings. The minimum absolute atomic E-state index is 0.337. The number of nitrogens with zero attached hydrogens (tertiary/aromatic N) is 3. The van der Waals surface area contributed by atoms with Crippen molar-refractivity contribution in [3.05, 3.63) is 24.2 Å². The van der Waals surface area contributed by atoms with Crippen LogP contribution >= 0.6 is 0 Å². The zero-order valence-corrected chi connectivity index (χ0v) is 13.0. The summed E-state index contributed by atoms with van der Waals surface area (Å²) in [6.07, 6.45) is 7.95. The lowest BCUT2D eigenvalue weighted by molar-refractivity contribution is 0.109. The molecule has 22 heavy (non-hydrogen) atoms. The summed E-state index contributed by atoms with van der Waals surface area (Å²) in [6.45, 7) is 4.20. The van der Waals surface area contributed by atoms with Crippen LogP contribution in [-0.4, -0.2) is 40.3 Å². The van der Waals surface area contributed by atoms with Crippen molar-refractivity contribution >= 4 is 11.2 Å². The van der Waals surface area contributed by atoms with Crippen molar-refractivity contribution in [3.63, 3.8) is 0 Å². The predicted octanol–water partition coefficient (Wildman–Crippen LogP) is 2.15. The third-order valence-corrected chi connectivity index (χ3v) is 4.92. The van der Waals surface area contributed by atoms with Crippen LogP contribution in [0.2, 0.25) is 0 Å². The second-order valence-electron chi connectivity index (χ2n) is 6.52. The van der Waals surface area contributed by atoms with Crippen molar-refractivity contribution in [2.75, 3.05) is 19.7 Å². The van der Waals surface area contributed by atoms with Gasteiger partial charge in [0.15, 0.2) is 5.65 Å². The van der Waals surface area contributed by atoms with Crippen LogP contribution in [0.25, 0.3) is 11.2 Å². The fourth-order valence-corrected chi connectivity index (χ4v) is 3.68. The SMILES string of the molecule is c1cnc2c(c1)nc(CC1CCCO1)n2CC1CCNCC1. The smallest absolute Gasteiger partial charge is 0.159 e. The molecular formula is C17H24N4O. The molecule has 2 aromatic rings. The summed E-state index contributed by atoms with van der Waals surface area (Å²) in [5.41, 5.74) is 2.05. The molecule has 0 saturated carbocycles. The van der Waals surface area contributed by atoms with Gasteiger partial charge in [-0.15, -0.1) is 0 Å². The molecule has 0 aliphatic carbocycles. The lowest BCUT2D eigenvalue weighted by atomic mass is 9.98. The van der Waals surface area contributed by atoms with E-state index in [-0.39, 0.29) is 0 Å². The van der Waals surface area contributed by atoms with Gasteiger partial charge in [-0.1, -0.05) is 0 Å². The minimum atomic E-state index is 0.337. The van der Waals surface area contributed by atoms with Crippen LogP contribution in [0.5, 0.6) is 0 Å². The average molecular weight is 300 g/mol. The maximum Gasteiger partial charge on any atom is 0.159 e. The van der Waals surface area contributed by atoms with Crippen molar-refractivity contribution in [2.45, 2.75) is 44.8 Å². The Kier molecular flexibility index (Phi) is 4.08. The maximum atomic E-state index is 5.81. The fourth-order valence-electron chi connectivity index (χ4n) is 3.68. The van der Waals surface area contributed by atoms with Crippen LogP contribution in [0.3, 0.4) is 0 Å². The average Bonchev–Trinajstić information content (AvgIpc) is 3.18. The van der Waals surface area contributed by atoms with E-state index in [1.807, 2.05) is 12.3 Å². The third kappa shape index (κ3) is 2.88. The van der Waals surface area contributed by atoms with E-state index in [9.17, 15) is 0 Å². The first-order chi connectivity index (χ1) is 10.9. The van der Waals surface area contributed by atoms with E-state index < -0.39 is 0 Å². The first kappa shape index (κ1) is 14.2. The summed E-state index contributed by atoms with van der Waals surface area (Å²) in [5.74, 6) is 1.88. The Morgan fingerprint density at radius 1 is 1.27 bits per heavy atom.